The van der Waals surface area contributed by atoms with Gasteiger partial charge in [0.15, 0.2) is 0 Å². The zero-order valence-electron chi connectivity index (χ0n) is 14.5. The molecule has 1 amide bonds. The molecule has 0 unspecified atom stereocenters. The lowest BCUT2D eigenvalue weighted by molar-refractivity contribution is -0.124. The van der Waals surface area contributed by atoms with Gasteiger partial charge in [0.25, 0.3) is 5.56 Å². The first kappa shape index (κ1) is 17.6. The van der Waals surface area contributed by atoms with Gasteiger partial charge in [-0.3, -0.25) is 14.2 Å². The lowest BCUT2D eigenvalue weighted by Gasteiger charge is -2.32. The maximum atomic E-state index is 12.5. The minimum absolute atomic E-state index is 0.111. The lowest BCUT2D eigenvalue weighted by atomic mass is 9.90. The van der Waals surface area contributed by atoms with Crippen LogP contribution in [-0.4, -0.2) is 38.9 Å². The third kappa shape index (κ3) is 3.45. The van der Waals surface area contributed by atoms with Gasteiger partial charge in [-0.2, -0.15) is 0 Å². The number of pyridine rings is 1. The van der Waals surface area contributed by atoms with Crippen LogP contribution in [0.3, 0.4) is 0 Å². The number of hydrogen-bond acceptors (Lipinski definition) is 4. The smallest absolute Gasteiger partial charge is 0.251 e. The third-order valence-corrected chi connectivity index (χ3v) is 5.01. The number of nitrogens with one attached hydrogen (secondary N) is 1. The van der Waals surface area contributed by atoms with Crippen LogP contribution < -0.4 is 10.9 Å². The van der Waals surface area contributed by atoms with E-state index in [-0.39, 0.29) is 18.0 Å². The number of aromatic nitrogens is 1. The summed E-state index contributed by atoms with van der Waals surface area (Å²) in [5.41, 5.74) is 2.34. The van der Waals surface area contributed by atoms with Gasteiger partial charge in [-0.15, -0.1) is 0 Å². The first-order chi connectivity index (χ1) is 11.9. The van der Waals surface area contributed by atoms with E-state index in [4.69, 9.17) is 0 Å². The number of carbonyl (C=O) groups excluding carboxylic acids is 1. The molecule has 0 aliphatic heterocycles. The van der Waals surface area contributed by atoms with Gasteiger partial charge in [-0.05, 0) is 44.2 Å². The number of fused-ring (bicyclic) bond motifs is 1. The molecule has 1 fully saturated rings. The first-order valence-electron chi connectivity index (χ1n) is 8.63. The molecule has 1 heterocycles. The van der Waals surface area contributed by atoms with Crippen molar-refractivity contribution < 1.29 is 15.0 Å². The summed E-state index contributed by atoms with van der Waals surface area (Å²) in [6.07, 6.45) is 0.118. The van der Waals surface area contributed by atoms with Crippen LogP contribution in [0.2, 0.25) is 0 Å². The Kier molecular flexibility index (Phi) is 4.92. The average molecular weight is 344 g/mol. The van der Waals surface area contributed by atoms with E-state index < -0.39 is 18.2 Å². The van der Waals surface area contributed by atoms with Gasteiger partial charge in [0.2, 0.25) is 5.91 Å². The molecule has 6 nitrogen and oxygen atoms in total. The van der Waals surface area contributed by atoms with Crippen molar-refractivity contribution in [2.75, 3.05) is 0 Å². The summed E-state index contributed by atoms with van der Waals surface area (Å²) in [6, 6.07) is 6.83. The molecule has 25 heavy (non-hydrogen) atoms. The van der Waals surface area contributed by atoms with Gasteiger partial charge in [-0.1, -0.05) is 18.2 Å². The summed E-state index contributed by atoms with van der Waals surface area (Å²) in [4.78, 5) is 24.9. The Morgan fingerprint density at radius 2 is 2.00 bits per heavy atom. The van der Waals surface area contributed by atoms with Crippen LogP contribution in [0.5, 0.6) is 0 Å². The van der Waals surface area contributed by atoms with E-state index >= 15 is 0 Å². The lowest BCUT2D eigenvalue weighted by Crippen LogP contribution is -2.52. The largest absolute Gasteiger partial charge is 0.390 e. The number of hydrogen-bond donors (Lipinski definition) is 3. The van der Waals surface area contributed by atoms with Gasteiger partial charge in [-0.25, -0.2) is 0 Å². The molecular weight excluding hydrogens is 320 g/mol. The molecule has 1 aromatic heterocycles. The second-order valence-electron chi connectivity index (χ2n) is 6.89. The molecule has 3 atom stereocenters. The summed E-state index contributed by atoms with van der Waals surface area (Å²) in [5, 5.41) is 23.5. The Morgan fingerprint density at radius 1 is 1.24 bits per heavy atom. The Morgan fingerprint density at radius 3 is 2.76 bits per heavy atom. The Labute approximate surface area is 146 Å². The van der Waals surface area contributed by atoms with Gasteiger partial charge in [0, 0.05) is 11.5 Å². The second-order valence-corrected chi connectivity index (χ2v) is 6.89. The minimum Gasteiger partial charge on any atom is -0.390 e. The molecule has 1 aromatic carbocycles. The number of carbonyl (C=O) groups is 1. The average Bonchev–Trinajstić information content (AvgIpc) is 2.56. The fourth-order valence-electron chi connectivity index (χ4n) is 3.65. The summed E-state index contributed by atoms with van der Waals surface area (Å²) >= 11 is 0. The van der Waals surface area contributed by atoms with Gasteiger partial charge in [0.1, 0.15) is 6.54 Å². The molecule has 6 heteroatoms. The predicted molar refractivity (Wildman–Crippen MR) is 95.5 cm³/mol. The van der Waals surface area contributed by atoms with Crippen LogP contribution in [0, 0.1) is 13.8 Å². The number of amides is 1. The maximum Gasteiger partial charge on any atom is 0.251 e. The first-order valence-corrected chi connectivity index (χ1v) is 8.63. The Balaban J connectivity index is 1.88. The number of nitrogens with zero attached hydrogens (tertiary/aromatic N) is 1. The highest BCUT2D eigenvalue weighted by Crippen LogP contribution is 2.21. The maximum absolute atomic E-state index is 12.5. The van der Waals surface area contributed by atoms with E-state index in [9.17, 15) is 19.8 Å². The van der Waals surface area contributed by atoms with Crippen molar-refractivity contribution >= 4 is 16.8 Å². The van der Waals surface area contributed by atoms with E-state index in [2.05, 4.69) is 5.32 Å². The number of rotatable bonds is 3. The zero-order chi connectivity index (χ0) is 18.1. The van der Waals surface area contributed by atoms with Gasteiger partial charge in [0.05, 0.1) is 23.8 Å². The standard InChI is InChI=1S/C19H24N2O4/c1-11-5-3-6-13-12(2)9-17(24)21(18(11)13)10-16(23)20-14-7-4-8-15(22)19(14)25/h3,5-6,9,14-15,19,22,25H,4,7-8,10H2,1-2H3,(H,20,23)/t14-,15-,19-/m1/s1. The van der Waals surface area contributed by atoms with Crippen molar-refractivity contribution in [1.82, 2.24) is 9.88 Å². The monoisotopic (exact) mass is 344 g/mol. The molecule has 1 aliphatic rings. The van der Waals surface area contributed by atoms with Crippen LogP contribution in [0.25, 0.3) is 10.9 Å². The van der Waals surface area contributed by atoms with Crippen molar-refractivity contribution in [3.05, 3.63) is 45.7 Å². The molecule has 0 spiro atoms. The summed E-state index contributed by atoms with van der Waals surface area (Å²) in [7, 11) is 0. The van der Waals surface area contributed by atoms with Crippen LogP contribution >= 0.6 is 0 Å². The molecule has 0 radical (unpaired) electrons. The van der Waals surface area contributed by atoms with Crippen molar-refractivity contribution in [2.24, 2.45) is 0 Å². The molecule has 3 rings (SSSR count). The van der Waals surface area contributed by atoms with Crippen LogP contribution in [0.1, 0.15) is 30.4 Å². The fraction of sp³-hybridized carbons (Fsp3) is 0.474. The van der Waals surface area contributed by atoms with Crippen molar-refractivity contribution in [1.29, 1.82) is 0 Å². The summed E-state index contributed by atoms with van der Waals surface area (Å²) in [6.45, 7) is 3.68. The Hall–Kier alpha value is -2.18. The number of aryl methyl sites for hydroxylation is 2. The SMILES string of the molecule is Cc1cc(=O)n(CC(=O)N[C@@H]2CCC[C@@H](O)[C@@H]2O)c2c(C)cccc12. The molecule has 2 aromatic rings. The highest BCUT2D eigenvalue weighted by atomic mass is 16.3. The van der Waals surface area contributed by atoms with Gasteiger partial charge < -0.3 is 15.5 Å². The quantitative estimate of drug-likeness (QED) is 0.775. The third-order valence-electron chi connectivity index (χ3n) is 5.01. The zero-order valence-corrected chi connectivity index (χ0v) is 14.5. The molecule has 0 bridgehead atoms. The Bertz CT molecular complexity index is 858. The van der Waals surface area contributed by atoms with Crippen molar-refractivity contribution in [2.45, 2.75) is 57.9 Å². The highest BCUT2D eigenvalue weighted by Gasteiger charge is 2.31. The molecule has 1 aliphatic carbocycles. The van der Waals surface area contributed by atoms with Crippen molar-refractivity contribution in [3.63, 3.8) is 0 Å². The highest BCUT2D eigenvalue weighted by molar-refractivity contribution is 5.87. The topological polar surface area (TPSA) is 91.6 Å². The number of benzene rings is 1. The van der Waals surface area contributed by atoms with E-state index in [1.54, 1.807) is 0 Å². The molecule has 134 valence electrons. The normalized spacial score (nSPS) is 23.6. The summed E-state index contributed by atoms with van der Waals surface area (Å²) in [5.74, 6) is -0.339. The molecule has 0 saturated heterocycles. The van der Waals surface area contributed by atoms with Crippen molar-refractivity contribution in [3.8, 4) is 0 Å². The molecule has 1 saturated carbocycles. The number of para-hydroxylation sites is 1. The number of aliphatic hydroxyl groups excluding tert-OH is 2. The van der Waals surface area contributed by atoms with E-state index in [1.165, 1.54) is 10.6 Å². The van der Waals surface area contributed by atoms with E-state index in [0.717, 1.165) is 28.5 Å². The number of aliphatic hydroxyl groups is 2. The van der Waals surface area contributed by atoms with E-state index in [1.807, 2.05) is 32.0 Å². The van der Waals surface area contributed by atoms with Crippen LogP contribution in [0.4, 0.5) is 0 Å². The van der Waals surface area contributed by atoms with Crippen LogP contribution in [-0.2, 0) is 11.3 Å². The van der Waals surface area contributed by atoms with Gasteiger partial charge >= 0.3 is 0 Å². The second kappa shape index (κ2) is 6.98. The van der Waals surface area contributed by atoms with Crippen LogP contribution in [0.15, 0.2) is 29.1 Å². The fourth-order valence-corrected chi connectivity index (χ4v) is 3.65. The van der Waals surface area contributed by atoms with E-state index in [0.29, 0.717) is 12.8 Å². The molecule has 3 N–H and O–H groups in total. The predicted octanol–water partition coefficient (Wildman–Crippen LogP) is 1.01. The summed E-state index contributed by atoms with van der Waals surface area (Å²) < 4.78 is 1.47. The minimum atomic E-state index is -0.967. The molecular formula is C19H24N2O4.